The van der Waals surface area contributed by atoms with Crippen molar-refractivity contribution in [3.63, 3.8) is 0 Å². The summed E-state index contributed by atoms with van der Waals surface area (Å²) in [6, 6.07) is -0.471. The summed E-state index contributed by atoms with van der Waals surface area (Å²) >= 11 is 0. The normalized spacial score (nSPS) is 16.7. The number of likely N-dealkylation sites (N-methyl/N-ethyl adjacent to an activating group) is 1. The van der Waals surface area contributed by atoms with Gasteiger partial charge in [0, 0.05) is 20.1 Å². The Hall–Kier alpha value is -1.10. The van der Waals surface area contributed by atoms with Crippen molar-refractivity contribution in [3.8, 4) is 0 Å². The number of carbonyl (C=O) groups excluding carboxylic acids is 2. The van der Waals surface area contributed by atoms with E-state index in [1.165, 1.54) is 4.90 Å². The van der Waals surface area contributed by atoms with E-state index < -0.39 is 6.04 Å². The maximum Gasteiger partial charge on any atom is 0.242 e. The van der Waals surface area contributed by atoms with Gasteiger partial charge in [-0.05, 0) is 19.3 Å². The largest absolute Gasteiger partial charge is 0.341 e. The van der Waals surface area contributed by atoms with Crippen LogP contribution in [0, 0.1) is 0 Å². The van der Waals surface area contributed by atoms with Crippen molar-refractivity contribution in [2.75, 3.05) is 26.7 Å². The maximum absolute atomic E-state index is 11.9. The van der Waals surface area contributed by atoms with E-state index in [2.05, 4.69) is 6.92 Å². The molecule has 1 heterocycles. The number of unbranched alkanes of at least 4 members (excludes halogenated alkanes) is 1. The zero-order chi connectivity index (χ0) is 13.5. The fourth-order valence-electron chi connectivity index (χ4n) is 2.18. The van der Waals surface area contributed by atoms with Gasteiger partial charge in [0.2, 0.25) is 11.8 Å². The van der Waals surface area contributed by atoms with Crippen LogP contribution in [0.15, 0.2) is 0 Å². The van der Waals surface area contributed by atoms with Gasteiger partial charge in [-0.15, -0.1) is 0 Å². The van der Waals surface area contributed by atoms with E-state index in [4.69, 9.17) is 5.73 Å². The van der Waals surface area contributed by atoms with Gasteiger partial charge in [-0.3, -0.25) is 9.59 Å². The summed E-state index contributed by atoms with van der Waals surface area (Å²) in [5, 5.41) is 0. The first-order valence-electron chi connectivity index (χ1n) is 6.84. The van der Waals surface area contributed by atoms with Crippen molar-refractivity contribution in [1.82, 2.24) is 9.80 Å². The summed E-state index contributed by atoms with van der Waals surface area (Å²) in [6.45, 7) is 3.86. The zero-order valence-corrected chi connectivity index (χ0v) is 11.5. The molecule has 0 bridgehead atoms. The molecule has 1 saturated heterocycles. The molecule has 1 rings (SSSR count). The topological polar surface area (TPSA) is 66.6 Å². The Morgan fingerprint density at radius 2 is 1.94 bits per heavy atom. The molecule has 1 aliphatic heterocycles. The Balaban J connectivity index is 2.36. The minimum absolute atomic E-state index is 0.0334. The number of amides is 2. The van der Waals surface area contributed by atoms with Crippen LogP contribution in [0.5, 0.6) is 0 Å². The zero-order valence-electron chi connectivity index (χ0n) is 11.5. The van der Waals surface area contributed by atoms with E-state index in [1.54, 1.807) is 7.05 Å². The van der Waals surface area contributed by atoms with Gasteiger partial charge in [-0.1, -0.05) is 19.8 Å². The summed E-state index contributed by atoms with van der Waals surface area (Å²) in [5.41, 5.74) is 5.82. The fraction of sp³-hybridized carbons (Fsp3) is 0.846. The van der Waals surface area contributed by atoms with Gasteiger partial charge < -0.3 is 15.5 Å². The summed E-state index contributed by atoms with van der Waals surface area (Å²) in [7, 11) is 1.65. The second-order valence-corrected chi connectivity index (χ2v) is 5.03. The molecule has 2 N–H and O–H groups in total. The van der Waals surface area contributed by atoms with Crippen molar-refractivity contribution >= 4 is 11.8 Å². The predicted octanol–water partition coefficient (Wildman–Crippen LogP) is 0.585. The van der Waals surface area contributed by atoms with Crippen molar-refractivity contribution in [2.24, 2.45) is 5.73 Å². The van der Waals surface area contributed by atoms with E-state index in [0.29, 0.717) is 6.42 Å². The first-order chi connectivity index (χ1) is 8.56. The molecule has 1 fully saturated rings. The molecular weight excluding hydrogens is 230 g/mol. The minimum Gasteiger partial charge on any atom is -0.341 e. The standard InChI is InChI=1S/C13H25N3O2/c1-3-4-7-11(14)13(18)15(2)10-12(17)16-8-5-6-9-16/h11H,3-10,14H2,1-2H3/t11-/m0/s1. The van der Waals surface area contributed by atoms with E-state index in [1.807, 2.05) is 4.90 Å². The highest BCUT2D eigenvalue weighted by atomic mass is 16.2. The molecule has 0 aromatic heterocycles. The minimum atomic E-state index is -0.471. The molecule has 104 valence electrons. The predicted molar refractivity (Wildman–Crippen MR) is 71.0 cm³/mol. The SMILES string of the molecule is CCCC[C@H](N)C(=O)N(C)CC(=O)N1CCCC1. The average Bonchev–Trinajstić information content (AvgIpc) is 2.88. The summed E-state index contributed by atoms with van der Waals surface area (Å²) in [6.07, 6.45) is 4.80. The molecule has 5 nitrogen and oxygen atoms in total. The monoisotopic (exact) mass is 255 g/mol. The highest BCUT2D eigenvalue weighted by molar-refractivity contribution is 5.87. The number of nitrogens with two attached hydrogens (primary N) is 1. The first kappa shape index (κ1) is 15.0. The molecule has 0 aliphatic carbocycles. The molecule has 0 spiro atoms. The molecule has 1 aliphatic rings. The van der Waals surface area contributed by atoms with Gasteiger partial charge in [0.25, 0.3) is 0 Å². The van der Waals surface area contributed by atoms with E-state index in [9.17, 15) is 9.59 Å². The van der Waals surface area contributed by atoms with Crippen LogP contribution in [0.2, 0.25) is 0 Å². The Kier molecular flexibility index (Phi) is 6.12. The molecule has 18 heavy (non-hydrogen) atoms. The van der Waals surface area contributed by atoms with Crippen molar-refractivity contribution in [3.05, 3.63) is 0 Å². The lowest BCUT2D eigenvalue weighted by atomic mass is 10.1. The van der Waals surface area contributed by atoms with Crippen LogP contribution < -0.4 is 5.73 Å². The molecule has 5 heteroatoms. The van der Waals surface area contributed by atoms with Crippen LogP contribution in [-0.2, 0) is 9.59 Å². The highest BCUT2D eigenvalue weighted by Crippen LogP contribution is 2.08. The van der Waals surface area contributed by atoms with Crippen molar-refractivity contribution < 1.29 is 9.59 Å². The smallest absolute Gasteiger partial charge is 0.242 e. The third-order valence-electron chi connectivity index (χ3n) is 3.39. The van der Waals surface area contributed by atoms with Gasteiger partial charge in [0.1, 0.15) is 0 Å². The molecule has 0 saturated carbocycles. The van der Waals surface area contributed by atoms with Crippen molar-refractivity contribution in [2.45, 2.75) is 45.1 Å². The molecule has 0 radical (unpaired) electrons. The Bertz CT molecular complexity index is 288. The van der Waals surface area contributed by atoms with Gasteiger partial charge in [0.15, 0.2) is 0 Å². The number of hydrogen-bond donors (Lipinski definition) is 1. The number of nitrogens with zero attached hydrogens (tertiary/aromatic N) is 2. The van der Waals surface area contributed by atoms with Gasteiger partial charge >= 0.3 is 0 Å². The quantitative estimate of drug-likeness (QED) is 0.755. The van der Waals surface area contributed by atoms with E-state index >= 15 is 0 Å². The third-order valence-corrected chi connectivity index (χ3v) is 3.39. The second kappa shape index (κ2) is 7.36. The third kappa shape index (κ3) is 4.29. The van der Waals surface area contributed by atoms with Crippen LogP contribution in [0.1, 0.15) is 39.0 Å². The van der Waals surface area contributed by atoms with Crippen LogP contribution >= 0.6 is 0 Å². The summed E-state index contributed by atoms with van der Waals surface area (Å²) < 4.78 is 0. The van der Waals surface area contributed by atoms with Gasteiger partial charge in [-0.2, -0.15) is 0 Å². The van der Waals surface area contributed by atoms with Crippen LogP contribution in [-0.4, -0.2) is 54.3 Å². The lowest BCUT2D eigenvalue weighted by Crippen LogP contribution is -2.46. The lowest BCUT2D eigenvalue weighted by molar-refractivity contribution is -0.139. The number of hydrogen-bond acceptors (Lipinski definition) is 3. The van der Waals surface area contributed by atoms with Gasteiger partial charge in [-0.25, -0.2) is 0 Å². The van der Waals surface area contributed by atoms with Crippen LogP contribution in [0.4, 0.5) is 0 Å². The van der Waals surface area contributed by atoms with E-state index in [0.717, 1.165) is 38.8 Å². The Labute approximate surface area is 109 Å². The maximum atomic E-state index is 11.9. The molecule has 1 atom stereocenters. The fourth-order valence-corrected chi connectivity index (χ4v) is 2.18. The average molecular weight is 255 g/mol. The highest BCUT2D eigenvalue weighted by Gasteiger charge is 2.23. The number of likely N-dealkylation sites (tertiary alicyclic amines) is 1. The summed E-state index contributed by atoms with van der Waals surface area (Å²) in [4.78, 5) is 27.1. The van der Waals surface area contributed by atoms with Crippen LogP contribution in [0.3, 0.4) is 0 Å². The van der Waals surface area contributed by atoms with E-state index in [-0.39, 0.29) is 18.4 Å². The van der Waals surface area contributed by atoms with Gasteiger partial charge in [0.05, 0.1) is 12.6 Å². The molecule has 0 aromatic carbocycles. The Morgan fingerprint density at radius 3 is 2.50 bits per heavy atom. The number of carbonyl (C=O) groups is 2. The Morgan fingerprint density at radius 1 is 1.33 bits per heavy atom. The number of rotatable bonds is 6. The molecule has 0 aromatic rings. The molecular formula is C13H25N3O2. The van der Waals surface area contributed by atoms with Crippen molar-refractivity contribution in [1.29, 1.82) is 0 Å². The van der Waals surface area contributed by atoms with Crippen LogP contribution in [0.25, 0.3) is 0 Å². The second-order valence-electron chi connectivity index (χ2n) is 5.03. The molecule has 2 amide bonds. The molecule has 0 unspecified atom stereocenters. The summed E-state index contributed by atoms with van der Waals surface area (Å²) in [5.74, 6) is -0.0953. The lowest BCUT2D eigenvalue weighted by Gasteiger charge is -2.23. The first-order valence-corrected chi connectivity index (χ1v) is 6.84.